The highest BCUT2D eigenvalue weighted by molar-refractivity contribution is 6.46. The maximum absolute atomic E-state index is 12.0. The first kappa shape index (κ1) is 16.4. The molecule has 0 aliphatic carbocycles. The van der Waals surface area contributed by atoms with Crippen molar-refractivity contribution in [3.05, 3.63) is 34.7 Å². The number of halogens is 2. The number of benzene rings is 1. The third-order valence-electron chi connectivity index (χ3n) is 3.34. The molecule has 1 aromatic carbocycles. The first-order valence-corrected chi connectivity index (χ1v) is 7.64. The quantitative estimate of drug-likeness (QED) is 0.616. The van der Waals surface area contributed by atoms with Crippen LogP contribution in [0.1, 0.15) is 6.92 Å². The summed E-state index contributed by atoms with van der Waals surface area (Å²) in [7, 11) is 0. The van der Waals surface area contributed by atoms with Crippen molar-refractivity contribution in [3.8, 4) is 11.1 Å². The zero-order chi connectivity index (χ0) is 17.3. The smallest absolute Gasteiger partial charge is 0.303 e. The average Bonchev–Trinajstić information content (AvgIpc) is 3.19. The molecule has 2 heterocycles. The fourth-order valence-electron chi connectivity index (χ4n) is 2.34. The van der Waals surface area contributed by atoms with E-state index in [1.807, 2.05) is 0 Å². The number of carbonyl (C=O) groups excluding carboxylic acids is 2. The number of esters is 1. The lowest BCUT2D eigenvalue weighted by Crippen LogP contribution is -2.20. The summed E-state index contributed by atoms with van der Waals surface area (Å²) in [6, 6.07) is 1.55. The van der Waals surface area contributed by atoms with E-state index in [0.717, 1.165) is 11.1 Å². The molecule has 9 heteroatoms. The van der Waals surface area contributed by atoms with Gasteiger partial charge in [-0.2, -0.15) is 5.10 Å². The van der Waals surface area contributed by atoms with Crippen LogP contribution in [0.25, 0.3) is 22.0 Å². The molecule has 0 spiro atoms. The van der Waals surface area contributed by atoms with Gasteiger partial charge in [-0.15, -0.1) is 0 Å². The lowest BCUT2D eigenvalue weighted by atomic mass is 10.1. The van der Waals surface area contributed by atoms with E-state index in [9.17, 15) is 9.59 Å². The van der Waals surface area contributed by atoms with Gasteiger partial charge in [0.15, 0.2) is 6.61 Å². The fraction of sp³-hybridized carbons (Fsp3) is 0.133. The molecular weight excluding hydrogens is 355 g/mol. The second kappa shape index (κ2) is 6.54. The molecule has 24 heavy (non-hydrogen) atoms. The number of rotatable bonds is 4. The minimum Gasteiger partial charge on any atom is -0.456 e. The Morgan fingerprint density at radius 2 is 2.12 bits per heavy atom. The molecule has 3 aromatic rings. The molecule has 0 atom stereocenters. The summed E-state index contributed by atoms with van der Waals surface area (Å²) < 4.78 is 4.69. The zero-order valence-corrected chi connectivity index (χ0v) is 14.0. The number of nitrogens with zero attached hydrogens (tertiary/aromatic N) is 1. The number of aromatic amines is 2. The molecule has 0 aliphatic heterocycles. The van der Waals surface area contributed by atoms with Crippen molar-refractivity contribution in [3.63, 3.8) is 0 Å². The SMILES string of the molecule is CC(=O)OCC(=O)Nc1cc(Cl)c(Cl)c2[nH]cc(-c3cn[nH]c3)c12. The van der Waals surface area contributed by atoms with Gasteiger partial charge < -0.3 is 15.0 Å². The summed E-state index contributed by atoms with van der Waals surface area (Å²) in [5.74, 6) is -1.02. The lowest BCUT2D eigenvalue weighted by molar-refractivity contribution is -0.144. The van der Waals surface area contributed by atoms with Crippen molar-refractivity contribution in [2.24, 2.45) is 0 Å². The molecule has 0 bridgehead atoms. The summed E-state index contributed by atoms with van der Waals surface area (Å²) >= 11 is 12.4. The monoisotopic (exact) mass is 366 g/mol. The van der Waals surface area contributed by atoms with Crippen LogP contribution in [0.15, 0.2) is 24.7 Å². The van der Waals surface area contributed by atoms with Gasteiger partial charge in [-0.1, -0.05) is 23.2 Å². The molecule has 7 nitrogen and oxygen atoms in total. The van der Waals surface area contributed by atoms with Crippen LogP contribution in [0.2, 0.25) is 10.0 Å². The first-order chi connectivity index (χ1) is 11.5. The highest BCUT2D eigenvalue weighted by Crippen LogP contribution is 2.40. The minimum absolute atomic E-state index is 0.285. The van der Waals surface area contributed by atoms with Gasteiger partial charge >= 0.3 is 5.97 Å². The van der Waals surface area contributed by atoms with Crippen molar-refractivity contribution < 1.29 is 14.3 Å². The van der Waals surface area contributed by atoms with Crippen molar-refractivity contribution in [2.45, 2.75) is 6.92 Å². The van der Waals surface area contributed by atoms with E-state index >= 15 is 0 Å². The molecular formula is C15H12Cl2N4O3. The molecule has 0 unspecified atom stereocenters. The third-order valence-corrected chi connectivity index (χ3v) is 4.13. The van der Waals surface area contributed by atoms with Gasteiger partial charge in [0, 0.05) is 35.8 Å². The van der Waals surface area contributed by atoms with Gasteiger partial charge in [0.25, 0.3) is 5.91 Å². The Morgan fingerprint density at radius 1 is 1.33 bits per heavy atom. The van der Waals surface area contributed by atoms with E-state index in [1.165, 1.54) is 6.92 Å². The zero-order valence-electron chi connectivity index (χ0n) is 12.4. The lowest BCUT2D eigenvalue weighted by Gasteiger charge is -2.10. The van der Waals surface area contributed by atoms with Crippen LogP contribution in [-0.4, -0.2) is 33.7 Å². The predicted molar refractivity (Wildman–Crippen MR) is 91.2 cm³/mol. The molecule has 3 N–H and O–H groups in total. The molecule has 1 amide bonds. The number of H-pyrrole nitrogens is 2. The minimum atomic E-state index is -0.537. The Labute approximate surface area is 146 Å². The van der Waals surface area contributed by atoms with Crippen LogP contribution in [0.3, 0.4) is 0 Å². The van der Waals surface area contributed by atoms with Gasteiger partial charge in [0.05, 0.1) is 27.4 Å². The number of nitrogens with one attached hydrogen (secondary N) is 3. The van der Waals surface area contributed by atoms with E-state index in [4.69, 9.17) is 27.9 Å². The summed E-state index contributed by atoms with van der Waals surface area (Å²) in [4.78, 5) is 25.9. The molecule has 124 valence electrons. The van der Waals surface area contributed by atoms with Crippen LogP contribution in [-0.2, 0) is 14.3 Å². The first-order valence-electron chi connectivity index (χ1n) is 6.89. The maximum Gasteiger partial charge on any atom is 0.303 e. The van der Waals surface area contributed by atoms with E-state index in [0.29, 0.717) is 21.6 Å². The Kier molecular flexibility index (Phi) is 4.46. The van der Waals surface area contributed by atoms with E-state index in [2.05, 4.69) is 20.5 Å². The number of fused-ring (bicyclic) bond motifs is 1. The number of hydrogen-bond acceptors (Lipinski definition) is 4. The second-order valence-corrected chi connectivity index (χ2v) is 5.77. The van der Waals surface area contributed by atoms with Crippen LogP contribution in [0, 0.1) is 0 Å². The van der Waals surface area contributed by atoms with Crippen molar-refractivity contribution in [1.82, 2.24) is 15.2 Å². The fourth-order valence-corrected chi connectivity index (χ4v) is 2.74. The number of amides is 1. The van der Waals surface area contributed by atoms with Crippen LogP contribution in [0.5, 0.6) is 0 Å². The highest BCUT2D eigenvalue weighted by atomic mass is 35.5. The van der Waals surface area contributed by atoms with Gasteiger partial charge in [-0.05, 0) is 6.07 Å². The molecule has 0 saturated heterocycles. The van der Waals surface area contributed by atoms with E-state index in [1.54, 1.807) is 24.7 Å². The molecule has 2 aromatic heterocycles. The Hall–Kier alpha value is -2.51. The standard InChI is InChI=1S/C15H12Cl2N4O3/c1-7(22)24-6-12(23)21-11-2-10(16)14(17)15-13(11)9(5-18-15)8-3-19-20-4-8/h2-5,18H,6H2,1H3,(H,19,20)(H,21,23). The van der Waals surface area contributed by atoms with Crippen LogP contribution < -0.4 is 5.32 Å². The number of aromatic nitrogens is 3. The molecule has 0 aliphatic rings. The van der Waals surface area contributed by atoms with Crippen molar-refractivity contribution in [2.75, 3.05) is 11.9 Å². The molecule has 0 radical (unpaired) electrons. The Bertz CT molecular complexity index is 919. The topological polar surface area (TPSA) is 99.9 Å². The van der Waals surface area contributed by atoms with Gasteiger partial charge in [0.2, 0.25) is 0 Å². The summed E-state index contributed by atoms with van der Waals surface area (Å²) in [6.07, 6.45) is 5.12. The Morgan fingerprint density at radius 3 is 2.79 bits per heavy atom. The number of ether oxygens (including phenoxy) is 1. The normalized spacial score (nSPS) is 10.8. The van der Waals surface area contributed by atoms with E-state index in [-0.39, 0.29) is 11.6 Å². The number of hydrogen-bond donors (Lipinski definition) is 3. The maximum atomic E-state index is 12.0. The van der Waals surface area contributed by atoms with Gasteiger partial charge in [-0.25, -0.2) is 0 Å². The van der Waals surface area contributed by atoms with Crippen LogP contribution in [0.4, 0.5) is 5.69 Å². The highest BCUT2D eigenvalue weighted by Gasteiger charge is 2.18. The second-order valence-electron chi connectivity index (χ2n) is 4.99. The largest absolute Gasteiger partial charge is 0.456 e. The molecule has 0 fully saturated rings. The van der Waals surface area contributed by atoms with Crippen molar-refractivity contribution >= 4 is 51.7 Å². The van der Waals surface area contributed by atoms with Gasteiger partial charge in [-0.3, -0.25) is 14.7 Å². The average molecular weight is 367 g/mol. The van der Waals surface area contributed by atoms with Gasteiger partial charge in [0.1, 0.15) is 0 Å². The summed E-state index contributed by atoms with van der Waals surface area (Å²) in [5.41, 5.74) is 2.65. The number of anilines is 1. The molecule has 3 rings (SSSR count). The summed E-state index contributed by atoms with van der Waals surface area (Å²) in [5, 5.41) is 10.7. The van der Waals surface area contributed by atoms with E-state index < -0.39 is 11.9 Å². The number of carbonyl (C=O) groups is 2. The summed E-state index contributed by atoms with van der Waals surface area (Å²) in [6.45, 7) is 0.844. The predicted octanol–water partition coefficient (Wildman–Crippen LogP) is 3.37. The Balaban J connectivity index is 2.06. The molecule has 0 saturated carbocycles. The third kappa shape index (κ3) is 3.08. The van der Waals surface area contributed by atoms with Crippen molar-refractivity contribution in [1.29, 1.82) is 0 Å². The van der Waals surface area contributed by atoms with Crippen LogP contribution >= 0.6 is 23.2 Å².